The monoisotopic (exact) mass is 317 g/mol. The van der Waals surface area contributed by atoms with E-state index in [9.17, 15) is 8.42 Å². The fourth-order valence-corrected chi connectivity index (χ4v) is 3.50. The third-order valence-electron chi connectivity index (χ3n) is 3.86. The van der Waals surface area contributed by atoms with Crippen molar-refractivity contribution in [3.05, 3.63) is 65.7 Å². The van der Waals surface area contributed by atoms with Gasteiger partial charge in [-0.25, -0.2) is 13.1 Å². The summed E-state index contributed by atoms with van der Waals surface area (Å²) >= 11 is 0. The van der Waals surface area contributed by atoms with Crippen molar-refractivity contribution in [3.8, 4) is 0 Å². The van der Waals surface area contributed by atoms with Gasteiger partial charge in [-0.3, -0.25) is 0 Å². The molecule has 0 radical (unpaired) electrons. The number of hydrogen-bond acceptors (Lipinski definition) is 2. The van der Waals surface area contributed by atoms with Crippen LogP contribution in [0.25, 0.3) is 0 Å². The summed E-state index contributed by atoms with van der Waals surface area (Å²) < 4.78 is 27.5. The first-order chi connectivity index (χ1) is 10.4. The second-order valence-corrected chi connectivity index (χ2v) is 7.69. The molecule has 1 unspecified atom stereocenters. The maximum Gasteiger partial charge on any atom is 0.240 e. The summed E-state index contributed by atoms with van der Waals surface area (Å²) in [7, 11) is -3.46. The number of hydrogen-bond donors (Lipinski definition) is 1. The van der Waals surface area contributed by atoms with Crippen LogP contribution < -0.4 is 4.72 Å². The van der Waals surface area contributed by atoms with Crippen LogP contribution in [0.2, 0.25) is 0 Å². The molecule has 0 amide bonds. The highest BCUT2D eigenvalue weighted by Crippen LogP contribution is 2.24. The highest BCUT2D eigenvalue weighted by molar-refractivity contribution is 7.89. The predicted octanol–water partition coefficient (Wildman–Crippen LogP) is 3.71. The lowest BCUT2D eigenvalue weighted by atomic mass is 9.89. The quantitative estimate of drug-likeness (QED) is 0.882. The smallest absolute Gasteiger partial charge is 0.211 e. The van der Waals surface area contributed by atoms with Crippen LogP contribution in [-0.2, 0) is 10.0 Å². The van der Waals surface area contributed by atoms with Gasteiger partial charge in [0.1, 0.15) is 0 Å². The second-order valence-electron chi connectivity index (χ2n) is 5.93. The highest BCUT2D eigenvalue weighted by atomic mass is 32.2. The van der Waals surface area contributed by atoms with Crippen LogP contribution in [0.3, 0.4) is 0 Å². The van der Waals surface area contributed by atoms with Crippen molar-refractivity contribution in [2.45, 2.75) is 31.6 Å². The summed E-state index contributed by atoms with van der Waals surface area (Å²) in [5, 5.41) is 0. The molecule has 0 aliphatic carbocycles. The lowest BCUT2D eigenvalue weighted by molar-refractivity contribution is 0.485. The van der Waals surface area contributed by atoms with Gasteiger partial charge in [0.25, 0.3) is 0 Å². The summed E-state index contributed by atoms with van der Waals surface area (Å²) in [5.74, 6) is 0.504. The van der Waals surface area contributed by atoms with E-state index in [0.717, 1.165) is 11.1 Å². The van der Waals surface area contributed by atoms with E-state index in [2.05, 4.69) is 18.6 Å². The van der Waals surface area contributed by atoms with Gasteiger partial charge in [0.15, 0.2) is 0 Å². The van der Waals surface area contributed by atoms with Crippen LogP contribution in [0.5, 0.6) is 0 Å². The zero-order valence-corrected chi connectivity index (χ0v) is 14.1. The first-order valence-electron chi connectivity index (χ1n) is 7.51. The molecule has 0 aromatic heterocycles. The van der Waals surface area contributed by atoms with E-state index >= 15 is 0 Å². The van der Waals surface area contributed by atoms with Gasteiger partial charge in [-0.2, -0.15) is 0 Å². The molecule has 4 heteroatoms. The van der Waals surface area contributed by atoms with Crippen molar-refractivity contribution >= 4 is 10.0 Å². The van der Waals surface area contributed by atoms with Crippen molar-refractivity contribution in [1.29, 1.82) is 0 Å². The van der Waals surface area contributed by atoms with Crippen LogP contribution >= 0.6 is 0 Å². The minimum Gasteiger partial charge on any atom is -0.211 e. The van der Waals surface area contributed by atoms with Crippen LogP contribution in [0, 0.1) is 12.8 Å². The lowest BCUT2D eigenvalue weighted by Crippen LogP contribution is -2.30. The van der Waals surface area contributed by atoms with Crippen molar-refractivity contribution in [2.24, 2.45) is 5.92 Å². The maximum absolute atomic E-state index is 12.4. The second kappa shape index (κ2) is 7.07. The molecule has 0 bridgehead atoms. The Balaban J connectivity index is 2.14. The number of benzene rings is 2. The third kappa shape index (κ3) is 4.18. The molecule has 118 valence electrons. The van der Waals surface area contributed by atoms with E-state index in [0.29, 0.717) is 17.4 Å². The topological polar surface area (TPSA) is 46.2 Å². The van der Waals surface area contributed by atoms with Crippen molar-refractivity contribution < 1.29 is 8.42 Å². The standard InChI is InChI=1S/C18H23NO2S/c1-14(2)18(16-7-5-4-6-8-16)13-19-22(20,21)17-11-9-15(3)10-12-17/h4-12,14,18-19H,13H2,1-3H3. The summed E-state index contributed by atoms with van der Waals surface area (Å²) in [6.07, 6.45) is 0. The molecule has 2 aromatic carbocycles. The van der Waals surface area contributed by atoms with Crippen molar-refractivity contribution in [2.75, 3.05) is 6.54 Å². The van der Waals surface area contributed by atoms with Gasteiger partial charge < -0.3 is 0 Å². The molecule has 0 saturated carbocycles. The number of nitrogens with one attached hydrogen (secondary N) is 1. The summed E-state index contributed by atoms with van der Waals surface area (Å²) in [4.78, 5) is 0.314. The largest absolute Gasteiger partial charge is 0.240 e. The number of rotatable bonds is 6. The number of sulfonamides is 1. The number of aryl methyl sites for hydroxylation is 1. The lowest BCUT2D eigenvalue weighted by Gasteiger charge is -2.22. The van der Waals surface area contributed by atoms with Crippen molar-refractivity contribution in [3.63, 3.8) is 0 Å². The fraction of sp³-hybridized carbons (Fsp3) is 0.333. The van der Waals surface area contributed by atoms with Gasteiger partial charge in [0.2, 0.25) is 10.0 Å². The fourth-order valence-electron chi connectivity index (χ4n) is 2.44. The van der Waals surface area contributed by atoms with E-state index in [1.807, 2.05) is 49.4 Å². The molecule has 0 aliphatic heterocycles. The molecule has 0 heterocycles. The van der Waals surface area contributed by atoms with E-state index in [1.54, 1.807) is 12.1 Å². The zero-order chi connectivity index (χ0) is 16.2. The molecular weight excluding hydrogens is 294 g/mol. The molecule has 2 aromatic rings. The molecule has 0 fully saturated rings. The van der Waals surface area contributed by atoms with Gasteiger partial charge >= 0.3 is 0 Å². The van der Waals surface area contributed by atoms with Crippen molar-refractivity contribution in [1.82, 2.24) is 4.72 Å². The minimum absolute atomic E-state index is 0.154. The van der Waals surface area contributed by atoms with Gasteiger partial charge in [-0.1, -0.05) is 61.9 Å². The molecule has 1 N–H and O–H groups in total. The molecule has 3 nitrogen and oxygen atoms in total. The minimum atomic E-state index is -3.46. The zero-order valence-electron chi connectivity index (χ0n) is 13.3. The molecular formula is C18H23NO2S. The molecule has 1 atom stereocenters. The van der Waals surface area contributed by atoms with Gasteiger partial charge in [0.05, 0.1) is 4.90 Å². The Hall–Kier alpha value is -1.65. The SMILES string of the molecule is Cc1ccc(S(=O)(=O)NCC(c2ccccc2)C(C)C)cc1. The summed E-state index contributed by atoms with van der Waals surface area (Å²) in [6.45, 7) is 6.56. The average molecular weight is 317 g/mol. The maximum atomic E-state index is 12.4. The molecule has 0 aliphatic rings. The normalized spacial score (nSPS) is 13.3. The first kappa shape index (κ1) is 16.7. The van der Waals surface area contributed by atoms with E-state index in [-0.39, 0.29) is 5.92 Å². The highest BCUT2D eigenvalue weighted by Gasteiger charge is 2.20. The first-order valence-corrected chi connectivity index (χ1v) is 9.00. The molecule has 2 rings (SSSR count). The Labute approximate surface area is 133 Å². The Bertz CT molecular complexity index is 692. The van der Waals surface area contributed by atoms with E-state index < -0.39 is 10.0 Å². The average Bonchev–Trinajstić information content (AvgIpc) is 2.48. The summed E-state index contributed by atoms with van der Waals surface area (Å²) in [6, 6.07) is 16.9. The van der Waals surface area contributed by atoms with Crippen LogP contribution in [0.4, 0.5) is 0 Å². The van der Waals surface area contributed by atoms with Gasteiger partial charge in [-0.05, 0) is 36.5 Å². The van der Waals surface area contributed by atoms with Gasteiger partial charge in [-0.15, -0.1) is 0 Å². The Morgan fingerprint density at radius 2 is 1.55 bits per heavy atom. The third-order valence-corrected chi connectivity index (χ3v) is 5.30. The Morgan fingerprint density at radius 3 is 2.09 bits per heavy atom. The van der Waals surface area contributed by atoms with E-state index in [4.69, 9.17) is 0 Å². The van der Waals surface area contributed by atoms with Crippen LogP contribution in [-0.4, -0.2) is 15.0 Å². The molecule has 22 heavy (non-hydrogen) atoms. The Morgan fingerprint density at radius 1 is 0.955 bits per heavy atom. The molecule has 0 saturated heterocycles. The van der Waals surface area contributed by atoms with Crippen LogP contribution in [0.1, 0.15) is 30.9 Å². The van der Waals surface area contributed by atoms with Gasteiger partial charge in [0, 0.05) is 6.54 Å². The van der Waals surface area contributed by atoms with E-state index in [1.165, 1.54) is 0 Å². The Kier molecular flexibility index (Phi) is 5.37. The summed E-state index contributed by atoms with van der Waals surface area (Å²) in [5.41, 5.74) is 2.20. The predicted molar refractivity (Wildman–Crippen MR) is 90.4 cm³/mol. The molecule has 0 spiro atoms. The van der Waals surface area contributed by atoms with Crippen LogP contribution in [0.15, 0.2) is 59.5 Å².